The topological polar surface area (TPSA) is 88.5 Å². The lowest BCUT2D eigenvalue weighted by molar-refractivity contribution is -0.192. The van der Waals surface area contributed by atoms with E-state index >= 15 is 0 Å². The van der Waals surface area contributed by atoms with Crippen LogP contribution in [0.25, 0.3) is 6.08 Å². The van der Waals surface area contributed by atoms with Gasteiger partial charge in [-0.15, -0.1) is 0 Å². The molecule has 1 fully saturated rings. The number of ether oxygens (including phenoxy) is 1. The Hall–Kier alpha value is -3.36. The second-order valence-corrected chi connectivity index (χ2v) is 6.82. The third-order valence-electron chi connectivity index (χ3n) is 4.35. The molecule has 0 saturated heterocycles. The van der Waals surface area contributed by atoms with Gasteiger partial charge in [0.1, 0.15) is 5.75 Å². The maximum atomic E-state index is 11.9. The van der Waals surface area contributed by atoms with Gasteiger partial charge in [-0.1, -0.05) is 37.5 Å². The Bertz CT molecular complexity index is 863. The molecule has 3 rings (SSSR count). The summed E-state index contributed by atoms with van der Waals surface area (Å²) in [5.41, 5.74) is 0.870. The van der Waals surface area contributed by atoms with E-state index in [1.165, 1.54) is 19.3 Å². The van der Waals surface area contributed by atoms with Crippen molar-refractivity contribution < 1.29 is 32.6 Å². The summed E-state index contributed by atoms with van der Waals surface area (Å²) in [5.74, 6) is -1.51. The quantitative estimate of drug-likeness (QED) is 0.646. The number of benzene rings is 1. The number of halogens is 3. The van der Waals surface area contributed by atoms with Crippen LogP contribution in [0.1, 0.15) is 37.7 Å². The molecule has 2 N–H and O–H groups in total. The number of carbonyl (C=O) groups is 2. The van der Waals surface area contributed by atoms with Gasteiger partial charge < -0.3 is 15.2 Å². The molecule has 1 heterocycles. The number of hydrogen-bond acceptors (Lipinski definition) is 4. The lowest BCUT2D eigenvalue weighted by Crippen LogP contribution is -2.34. The highest BCUT2D eigenvalue weighted by atomic mass is 19.4. The molecule has 0 spiro atoms. The number of carboxylic acid groups (broad SMARTS) is 1. The van der Waals surface area contributed by atoms with E-state index in [9.17, 15) is 18.0 Å². The number of para-hydroxylation sites is 1. The predicted molar refractivity (Wildman–Crippen MR) is 108 cm³/mol. The molecule has 0 radical (unpaired) electrons. The third-order valence-corrected chi connectivity index (χ3v) is 4.35. The van der Waals surface area contributed by atoms with Crippen molar-refractivity contribution in [1.82, 2.24) is 10.3 Å². The van der Waals surface area contributed by atoms with E-state index in [4.69, 9.17) is 14.6 Å². The highest BCUT2D eigenvalue weighted by molar-refractivity contribution is 5.91. The van der Waals surface area contributed by atoms with Crippen LogP contribution in [0.2, 0.25) is 0 Å². The molecular formula is C22H23F3N2O4. The van der Waals surface area contributed by atoms with Gasteiger partial charge in [0.25, 0.3) is 0 Å². The van der Waals surface area contributed by atoms with Gasteiger partial charge in [-0.05, 0) is 42.7 Å². The monoisotopic (exact) mass is 436 g/mol. The average Bonchev–Trinajstić information content (AvgIpc) is 2.74. The van der Waals surface area contributed by atoms with Gasteiger partial charge in [-0.25, -0.2) is 9.78 Å². The van der Waals surface area contributed by atoms with Crippen molar-refractivity contribution >= 4 is 18.0 Å². The lowest BCUT2D eigenvalue weighted by Gasteiger charge is -2.21. The van der Waals surface area contributed by atoms with Crippen molar-refractivity contribution in [3.63, 3.8) is 0 Å². The number of rotatable bonds is 5. The molecule has 166 valence electrons. The van der Waals surface area contributed by atoms with E-state index in [2.05, 4.69) is 10.3 Å². The number of aromatic nitrogens is 1. The van der Waals surface area contributed by atoms with Crippen LogP contribution in [-0.4, -0.2) is 34.2 Å². The minimum atomic E-state index is -5.08. The number of aliphatic carboxylic acids is 1. The van der Waals surface area contributed by atoms with Crippen molar-refractivity contribution in [2.45, 2.75) is 44.3 Å². The van der Waals surface area contributed by atoms with Crippen LogP contribution in [0.3, 0.4) is 0 Å². The van der Waals surface area contributed by atoms with E-state index in [0.717, 1.165) is 24.2 Å². The molecule has 2 aromatic rings. The highest BCUT2D eigenvalue weighted by Gasteiger charge is 2.38. The maximum Gasteiger partial charge on any atom is 0.490 e. The van der Waals surface area contributed by atoms with Gasteiger partial charge >= 0.3 is 12.1 Å². The summed E-state index contributed by atoms with van der Waals surface area (Å²) in [5, 5.41) is 10.2. The fraction of sp³-hybridized carbons (Fsp3) is 0.318. The van der Waals surface area contributed by atoms with E-state index in [-0.39, 0.29) is 5.91 Å². The number of hydrogen-bond donors (Lipinski definition) is 2. The van der Waals surface area contributed by atoms with Crippen LogP contribution in [0, 0.1) is 0 Å². The molecular weight excluding hydrogens is 413 g/mol. The fourth-order valence-electron chi connectivity index (χ4n) is 2.83. The molecule has 0 bridgehead atoms. The molecule has 31 heavy (non-hydrogen) atoms. The molecule has 1 saturated carbocycles. The maximum absolute atomic E-state index is 11.9. The number of nitrogens with one attached hydrogen (secondary N) is 1. The first kappa shape index (κ1) is 23.9. The van der Waals surface area contributed by atoms with Crippen LogP contribution in [0.15, 0.2) is 54.7 Å². The SMILES string of the molecule is O=C(/C=C\c1ccc(Oc2ccccc2)nc1)NC1CCCCC1.O=C(O)C(F)(F)F. The molecule has 0 unspecified atom stereocenters. The van der Waals surface area contributed by atoms with Gasteiger partial charge in [0, 0.05) is 24.4 Å². The molecule has 1 aromatic carbocycles. The summed E-state index contributed by atoms with van der Waals surface area (Å²) >= 11 is 0. The molecule has 6 nitrogen and oxygen atoms in total. The van der Waals surface area contributed by atoms with E-state index in [1.54, 1.807) is 24.4 Å². The zero-order chi connectivity index (χ0) is 22.7. The zero-order valence-electron chi connectivity index (χ0n) is 16.6. The van der Waals surface area contributed by atoms with Crippen LogP contribution >= 0.6 is 0 Å². The Labute approximate surface area is 177 Å². The predicted octanol–water partition coefficient (Wildman–Crippen LogP) is 4.97. The third kappa shape index (κ3) is 9.33. The van der Waals surface area contributed by atoms with Crippen LogP contribution in [-0.2, 0) is 9.59 Å². The van der Waals surface area contributed by atoms with Crippen LogP contribution in [0.4, 0.5) is 13.2 Å². The Morgan fingerprint density at radius 1 is 1.06 bits per heavy atom. The average molecular weight is 436 g/mol. The summed E-state index contributed by atoms with van der Waals surface area (Å²) in [7, 11) is 0. The van der Waals surface area contributed by atoms with Gasteiger partial charge in [0.15, 0.2) is 0 Å². The molecule has 1 aliphatic carbocycles. The van der Waals surface area contributed by atoms with Crippen LogP contribution < -0.4 is 10.1 Å². The van der Waals surface area contributed by atoms with Crippen LogP contribution in [0.5, 0.6) is 11.6 Å². The number of amides is 1. The molecule has 9 heteroatoms. The largest absolute Gasteiger partial charge is 0.490 e. The number of carbonyl (C=O) groups excluding carboxylic acids is 1. The van der Waals surface area contributed by atoms with Crippen molar-refractivity contribution in [3.8, 4) is 11.6 Å². The smallest absolute Gasteiger partial charge is 0.475 e. The Kier molecular flexibility index (Phi) is 9.05. The first-order chi connectivity index (χ1) is 14.7. The minimum Gasteiger partial charge on any atom is -0.475 e. The van der Waals surface area contributed by atoms with Crippen molar-refractivity contribution in [2.24, 2.45) is 0 Å². The molecule has 0 aliphatic heterocycles. The summed E-state index contributed by atoms with van der Waals surface area (Å²) < 4.78 is 37.4. The minimum absolute atomic E-state index is 0.0356. The normalized spacial score (nSPS) is 14.4. The Balaban J connectivity index is 0.000000423. The number of pyridine rings is 1. The van der Waals surface area contributed by atoms with Gasteiger partial charge in [-0.2, -0.15) is 13.2 Å². The second-order valence-electron chi connectivity index (χ2n) is 6.82. The van der Waals surface area contributed by atoms with E-state index in [0.29, 0.717) is 11.9 Å². The van der Waals surface area contributed by atoms with Gasteiger partial charge in [0.2, 0.25) is 11.8 Å². The molecule has 1 aromatic heterocycles. The number of nitrogens with zero attached hydrogens (tertiary/aromatic N) is 1. The Morgan fingerprint density at radius 2 is 1.71 bits per heavy atom. The number of alkyl halides is 3. The first-order valence-electron chi connectivity index (χ1n) is 9.71. The molecule has 1 amide bonds. The fourth-order valence-corrected chi connectivity index (χ4v) is 2.83. The summed E-state index contributed by atoms with van der Waals surface area (Å²) in [6.07, 6.45) is 5.84. The highest BCUT2D eigenvalue weighted by Crippen LogP contribution is 2.19. The molecule has 0 atom stereocenters. The molecule has 1 aliphatic rings. The van der Waals surface area contributed by atoms with Gasteiger partial charge in [0.05, 0.1) is 0 Å². The standard InChI is InChI=1S/C20H22N2O2.C2HF3O2/c23-19(22-17-7-3-1-4-8-17)13-11-16-12-14-20(21-15-16)24-18-9-5-2-6-10-18;3-2(4,5)1(6)7/h2,5-6,9-15,17H,1,3-4,7-8H2,(H,22,23);(H,6,7)/b13-11-;. The van der Waals surface area contributed by atoms with Crippen molar-refractivity contribution in [3.05, 3.63) is 60.3 Å². The van der Waals surface area contributed by atoms with Crippen molar-refractivity contribution in [2.75, 3.05) is 0 Å². The van der Waals surface area contributed by atoms with E-state index in [1.807, 2.05) is 36.4 Å². The first-order valence-corrected chi connectivity index (χ1v) is 9.71. The summed E-state index contributed by atoms with van der Waals surface area (Å²) in [6.45, 7) is 0. The summed E-state index contributed by atoms with van der Waals surface area (Å²) in [6, 6.07) is 13.5. The lowest BCUT2D eigenvalue weighted by atomic mass is 9.95. The Morgan fingerprint density at radius 3 is 2.26 bits per heavy atom. The number of carboxylic acids is 1. The van der Waals surface area contributed by atoms with E-state index < -0.39 is 12.1 Å². The summed E-state index contributed by atoms with van der Waals surface area (Å²) in [4.78, 5) is 25.1. The van der Waals surface area contributed by atoms with Gasteiger partial charge in [-0.3, -0.25) is 4.79 Å². The zero-order valence-corrected chi connectivity index (χ0v) is 16.6. The second kappa shape index (κ2) is 11.7. The van der Waals surface area contributed by atoms with Crippen molar-refractivity contribution in [1.29, 1.82) is 0 Å².